The average Bonchev–Trinajstić information content (AvgIpc) is 3.23. The standard InChI is InChI=1S/C17H16N4O2S/c1-24-10-16-19-17(13-4-6-18-7-5-13)20-21(16)9-12-2-3-14-15(8-12)23-11-22-14/h2-8H,9-11H2,1H3. The number of ether oxygens (including phenoxy) is 2. The molecule has 0 spiro atoms. The molecule has 0 saturated heterocycles. The molecule has 4 rings (SSSR count). The van der Waals surface area contributed by atoms with Crippen molar-refractivity contribution in [3.8, 4) is 22.9 Å². The van der Waals surface area contributed by atoms with E-state index < -0.39 is 0 Å². The Hall–Kier alpha value is -2.54. The average molecular weight is 340 g/mol. The number of fused-ring (bicyclic) bond motifs is 1. The molecule has 0 unspecified atom stereocenters. The molecular formula is C17H16N4O2S. The van der Waals surface area contributed by atoms with Gasteiger partial charge in [0, 0.05) is 18.0 Å². The van der Waals surface area contributed by atoms with Gasteiger partial charge in [-0.25, -0.2) is 9.67 Å². The van der Waals surface area contributed by atoms with Gasteiger partial charge < -0.3 is 9.47 Å². The molecule has 6 nitrogen and oxygen atoms in total. The van der Waals surface area contributed by atoms with Gasteiger partial charge in [0.05, 0.1) is 12.3 Å². The number of rotatable bonds is 5. The number of hydrogen-bond acceptors (Lipinski definition) is 6. The molecule has 0 N–H and O–H groups in total. The van der Waals surface area contributed by atoms with Crippen LogP contribution >= 0.6 is 11.8 Å². The van der Waals surface area contributed by atoms with E-state index in [1.807, 2.05) is 35.0 Å². The van der Waals surface area contributed by atoms with E-state index in [0.29, 0.717) is 6.54 Å². The van der Waals surface area contributed by atoms with Crippen LogP contribution in [0.2, 0.25) is 0 Å². The van der Waals surface area contributed by atoms with Crippen molar-refractivity contribution >= 4 is 11.8 Å². The zero-order valence-electron chi connectivity index (χ0n) is 13.2. The Bertz CT molecular complexity index is 851. The summed E-state index contributed by atoms with van der Waals surface area (Å²) < 4.78 is 12.8. The van der Waals surface area contributed by atoms with Crippen molar-refractivity contribution in [3.05, 3.63) is 54.1 Å². The SMILES string of the molecule is CSCc1nc(-c2ccncc2)nn1Cc1ccc2c(c1)OCO2. The summed E-state index contributed by atoms with van der Waals surface area (Å²) in [6.45, 7) is 0.927. The summed E-state index contributed by atoms with van der Waals surface area (Å²) in [5.41, 5.74) is 2.07. The highest BCUT2D eigenvalue weighted by atomic mass is 32.2. The van der Waals surface area contributed by atoms with Gasteiger partial charge in [0.15, 0.2) is 17.3 Å². The molecule has 1 aliphatic heterocycles. The van der Waals surface area contributed by atoms with Crippen LogP contribution < -0.4 is 9.47 Å². The summed E-state index contributed by atoms with van der Waals surface area (Å²) in [5.74, 6) is 4.06. The van der Waals surface area contributed by atoms with E-state index >= 15 is 0 Å². The molecule has 0 aliphatic carbocycles. The van der Waals surface area contributed by atoms with Gasteiger partial charge in [-0.1, -0.05) is 6.07 Å². The second-order valence-electron chi connectivity index (χ2n) is 5.37. The highest BCUT2D eigenvalue weighted by Gasteiger charge is 2.15. The van der Waals surface area contributed by atoms with Crippen molar-refractivity contribution in [1.82, 2.24) is 19.7 Å². The topological polar surface area (TPSA) is 62.1 Å². The van der Waals surface area contributed by atoms with E-state index in [-0.39, 0.29) is 6.79 Å². The molecule has 0 radical (unpaired) electrons. The van der Waals surface area contributed by atoms with Crippen LogP contribution in [0.25, 0.3) is 11.4 Å². The van der Waals surface area contributed by atoms with Crippen molar-refractivity contribution in [2.45, 2.75) is 12.3 Å². The van der Waals surface area contributed by atoms with E-state index in [9.17, 15) is 0 Å². The molecule has 3 aromatic rings. The molecule has 3 heterocycles. The number of hydrogen-bond donors (Lipinski definition) is 0. The first-order valence-electron chi connectivity index (χ1n) is 7.55. The molecule has 0 saturated carbocycles. The Labute approximate surface area is 143 Å². The first-order valence-corrected chi connectivity index (χ1v) is 8.94. The lowest BCUT2D eigenvalue weighted by molar-refractivity contribution is 0.174. The fourth-order valence-electron chi connectivity index (χ4n) is 2.57. The molecule has 7 heteroatoms. The molecule has 0 atom stereocenters. The third kappa shape index (κ3) is 2.94. The lowest BCUT2D eigenvalue weighted by atomic mass is 10.2. The Balaban J connectivity index is 1.65. The molecule has 1 aromatic carbocycles. The van der Waals surface area contributed by atoms with Crippen LogP contribution in [0.15, 0.2) is 42.7 Å². The van der Waals surface area contributed by atoms with Crippen LogP contribution in [0, 0.1) is 0 Å². The maximum Gasteiger partial charge on any atom is 0.231 e. The predicted octanol–water partition coefficient (Wildman–Crippen LogP) is 2.98. The minimum atomic E-state index is 0.284. The third-order valence-electron chi connectivity index (χ3n) is 3.73. The number of nitrogens with zero attached hydrogens (tertiary/aromatic N) is 4. The van der Waals surface area contributed by atoms with Gasteiger partial charge in [0.2, 0.25) is 6.79 Å². The number of aromatic nitrogens is 4. The number of pyridine rings is 1. The summed E-state index contributed by atoms with van der Waals surface area (Å²) in [5, 5.41) is 4.68. The normalized spacial score (nSPS) is 12.5. The largest absolute Gasteiger partial charge is 0.454 e. The lowest BCUT2D eigenvalue weighted by Crippen LogP contribution is -2.06. The first kappa shape index (κ1) is 15.0. The Kier molecular flexibility index (Phi) is 4.08. The third-order valence-corrected chi connectivity index (χ3v) is 4.28. The van der Waals surface area contributed by atoms with E-state index in [1.165, 1.54) is 0 Å². The minimum Gasteiger partial charge on any atom is -0.454 e. The van der Waals surface area contributed by atoms with Crippen LogP contribution in [-0.2, 0) is 12.3 Å². The summed E-state index contributed by atoms with van der Waals surface area (Å²) in [7, 11) is 0. The highest BCUT2D eigenvalue weighted by Crippen LogP contribution is 2.32. The predicted molar refractivity (Wildman–Crippen MR) is 92.1 cm³/mol. The minimum absolute atomic E-state index is 0.284. The molecule has 24 heavy (non-hydrogen) atoms. The maximum atomic E-state index is 5.45. The van der Waals surface area contributed by atoms with Crippen molar-refractivity contribution in [2.24, 2.45) is 0 Å². The van der Waals surface area contributed by atoms with Crippen LogP contribution in [0.3, 0.4) is 0 Å². The molecular weight excluding hydrogens is 324 g/mol. The molecule has 0 amide bonds. The van der Waals surface area contributed by atoms with E-state index in [1.54, 1.807) is 24.2 Å². The van der Waals surface area contributed by atoms with Gasteiger partial charge in [-0.2, -0.15) is 16.9 Å². The van der Waals surface area contributed by atoms with Crippen molar-refractivity contribution in [2.75, 3.05) is 13.0 Å². The Morgan fingerprint density at radius 2 is 1.96 bits per heavy atom. The summed E-state index contributed by atoms with van der Waals surface area (Å²) in [6.07, 6.45) is 5.57. The summed E-state index contributed by atoms with van der Waals surface area (Å²) in [6, 6.07) is 9.81. The first-order chi connectivity index (χ1) is 11.8. The van der Waals surface area contributed by atoms with Gasteiger partial charge in [-0.15, -0.1) is 0 Å². The summed E-state index contributed by atoms with van der Waals surface area (Å²) in [4.78, 5) is 8.73. The molecule has 1 aliphatic rings. The van der Waals surface area contributed by atoms with Gasteiger partial charge in [-0.05, 0) is 36.1 Å². The number of thioether (sulfide) groups is 1. The van der Waals surface area contributed by atoms with Gasteiger partial charge in [0.1, 0.15) is 5.82 Å². The Morgan fingerprint density at radius 3 is 2.79 bits per heavy atom. The van der Waals surface area contributed by atoms with Crippen molar-refractivity contribution in [1.29, 1.82) is 0 Å². The summed E-state index contributed by atoms with van der Waals surface area (Å²) >= 11 is 1.73. The van der Waals surface area contributed by atoms with E-state index in [2.05, 4.69) is 21.3 Å². The van der Waals surface area contributed by atoms with Gasteiger partial charge in [-0.3, -0.25) is 4.98 Å². The van der Waals surface area contributed by atoms with Crippen molar-refractivity contribution in [3.63, 3.8) is 0 Å². The fourth-order valence-corrected chi connectivity index (χ4v) is 3.04. The van der Waals surface area contributed by atoms with Crippen molar-refractivity contribution < 1.29 is 9.47 Å². The van der Waals surface area contributed by atoms with E-state index in [0.717, 1.165) is 40.0 Å². The van der Waals surface area contributed by atoms with Crippen LogP contribution in [-0.4, -0.2) is 32.8 Å². The monoisotopic (exact) mass is 340 g/mol. The number of benzene rings is 1. The van der Waals surface area contributed by atoms with Crippen LogP contribution in [0.4, 0.5) is 0 Å². The second-order valence-corrected chi connectivity index (χ2v) is 6.23. The van der Waals surface area contributed by atoms with Gasteiger partial charge >= 0.3 is 0 Å². The van der Waals surface area contributed by atoms with Crippen LogP contribution in [0.5, 0.6) is 11.5 Å². The van der Waals surface area contributed by atoms with Crippen LogP contribution in [0.1, 0.15) is 11.4 Å². The fraction of sp³-hybridized carbons (Fsp3) is 0.235. The second kappa shape index (κ2) is 6.52. The highest BCUT2D eigenvalue weighted by molar-refractivity contribution is 7.97. The molecule has 0 fully saturated rings. The molecule has 2 aromatic heterocycles. The van der Waals surface area contributed by atoms with Gasteiger partial charge in [0.25, 0.3) is 0 Å². The smallest absolute Gasteiger partial charge is 0.231 e. The Morgan fingerprint density at radius 1 is 1.12 bits per heavy atom. The van der Waals surface area contributed by atoms with E-state index in [4.69, 9.17) is 9.47 Å². The molecule has 122 valence electrons. The zero-order valence-corrected chi connectivity index (χ0v) is 14.0. The maximum absolute atomic E-state index is 5.45. The zero-order chi connectivity index (χ0) is 16.4. The quantitative estimate of drug-likeness (QED) is 0.711. The lowest BCUT2D eigenvalue weighted by Gasteiger charge is -2.06. The molecule has 0 bridgehead atoms.